The van der Waals surface area contributed by atoms with Gasteiger partial charge in [0.1, 0.15) is 18.1 Å². The predicted molar refractivity (Wildman–Crippen MR) is 121 cm³/mol. The third-order valence-electron chi connectivity index (χ3n) is 6.77. The smallest absolute Gasteiger partial charge is 0.416 e. The molecule has 4 rings (SSSR count). The number of nitrogens with zero attached hydrogens (tertiary/aromatic N) is 1. The molecule has 1 aliphatic carbocycles. The Kier molecular flexibility index (Phi) is 7.36. The molecule has 0 atom stereocenters. The molecule has 2 fully saturated rings. The lowest BCUT2D eigenvalue weighted by molar-refractivity contribution is -0.151. The second-order valence-corrected chi connectivity index (χ2v) is 9.08. The Bertz CT molecular complexity index is 1010. The highest BCUT2D eigenvalue weighted by Gasteiger charge is 2.36. The summed E-state index contributed by atoms with van der Waals surface area (Å²) in [6, 6.07) is 9.98. The molecule has 0 bridgehead atoms. The van der Waals surface area contributed by atoms with Crippen LogP contribution in [0.1, 0.15) is 53.9 Å². The largest absolute Gasteiger partial charge is 0.496 e. The van der Waals surface area contributed by atoms with E-state index in [2.05, 4.69) is 4.90 Å². The highest BCUT2D eigenvalue weighted by Crippen LogP contribution is 2.43. The Morgan fingerprint density at radius 2 is 1.79 bits per heavy atom. The van der Waals surface area contributed by atoms with Crippen LogP contribution >= 0.6 is 0 Å². The van der Waals surface area contributed by atoms with E-state index in [9.17, 15) is 18.0 Å². The van der Waals surface area contributed by atoms with Gasteiger partial charge in [-0.05, 0) is 48.1 Å². The van der Waals surface area contributed by atoms with Crippen molar-refractivity contribution in [3.8, 4) is 11.5 Å². The zero-order valence-electron chi connectivity index (χ0n) is 19.5. The van der Waals surface area contributed by atoms with Crippen LogP contribution in [0.2, 0.25) is 0 Å². The van der Waals surface area contributed by atoms with Crippen molar-refractivity contribution in [1.29, 1.82) is 0 Å². The second kappa shape index (κ2) is 10.3. The van der Waals surface area contributed by atoms with E-state index >= 15 is 0 Å². The number of benzene rings is 2. The molecule has 0 unspecified atom stereocenters. The van der Waals surface area contributed by atoms with Crippen LogP contribution in [0.25, 0.3) is 0 Å². The van der Waals surface area contributed by atoms with Crippen LogP contribution < -0.4 is 9.47 Å². The minimum atomic E-state index is -4.41. The second-order valence-electron chi connectivity index (χ2n) is 9.08. The van der Waals surface area contributed by atoms with Gasteiger partial charge in [0, 0.05) is 25.2 Å². The summed E-state index contributed by atoms with van der Waals surface area (Å²) in [6.07, 6.45) is -0.859. The molecular weight excluding hydrogens is 447 g/mol. The van der Waals surface area contributed by atoms with Gasteiger partial charge in [-0.2, -0.15) is 13.2 Å². The number of likely N-dealkylation sites (tertiary alicyclic amines) is 1. The van der Waals surface area contributed by atoms with Gasteiger partial charge in [0.15, 0.2) is 0 Å². The lowest BCUT2D eigenvalue weighted by Gasteiger charge is -2.37. The molecule has 1 saturated heterocycles. The van der Waals surface area contributed by atoms with Crippen molar-refractivity contribution >= 4 is 5.97 Å². The maximum absolute atomic E-state index is 13.7. The van der Waals surface area contributed by atoms with Gasteiger partial charge in [-0.3, -0.25) is 9.69 Å². The number of carbonyl (C=O) groups is 1. The number of hydrogen-bond acceptors (Lipinski definition) is 5. The van der Waals surface area contributed by atoms with E-state index in [0.29, 0.717) is 30.9 Å². The van der Waals surface area contributed by atoms with E-state index < -0.39 is 11.7 Å². The molecule has 1 heterocycles. The van der Waals surface area contributed by atoms with E-state index in [4.69, 9.17) is 14.2 Å². The first-order chi connectivity index (χ1) is 16.3. The predicted octanol–water partition coefficient (Wildman–Crippen LogP) is 5.56. The number of halogens is 3. The topological polar surface area (TPSA) is 48.0 Å². The van der Waals surface area contributed by atoms with Gasteiger partial charge >= 0.3 is 12.1 Å². The van der Waals surface area contributed by atoms with Crippen LogP contribution in [-0.2, 0) is 28.9 Å². The highest BCUT2D eigenvalue weighted by molar-refractivity contribution is 5.73. The number of esters is 1. The van der Waals surface area contributed by atoms with Gasteiger partial charge in [-0.1, -0.05) is 31.0 Å². The molecule has 1 aliphatic heterocycles. The summed E-state index contributed by atoms with van der Waals surface area (Å²) in [7, 11) is 2.97. The van der Waals surface area contributed by atoms with Gasteiger partial charge < -0.3 is 14.2 Å². The number of hydrogen-bond donors (Lipinski definition) is 0. The standard InChI is InChI=1S/C26H30F3NO4/c1-32-24-11-17(7-8-19(24)13-30-14-20(15-30)25(31)33-2)16-34-21-9-10-22(18-5-3-4-6-18)23(12-21)26(27,28)29/h7-12,18,20H,3-6,13-16H2,1-2H3. The maximum Gasteiger partial charge on any atom is 0.416 e. The fraction of sp³-hybridized carbons (Fsp3) is 0.500. The van der Waals surface area contributed by atoms with E-state index in [1.807, 2.05) is 18.2 Å². The molecule has 34 heavy (non-hydrogen) atoms. The Morgan fingerprint density at radius 3 is 2.44 bits per heavy atom. The van der Waals surface area contributed by atoms with Crippen molar-refractivity contribution in [2.75, 3.05) is 27.3 Å². The highest BCUT2D eigenvalue weighted by atomic mass is 19.4. The number of methoxy groups -OCH3 is 2. The van der Waals surface area contributed by atoms with Crippen molar-refractivity contribution < 1.29 is 32.2 Å². The summed E-state index contributed by atoms with van der Waals surface area (Å²) in [5, 5.41) is 0. The molecule has 1 saturated carbocycles. The lowest BCUT2D eigenvalue weighted by Crippen LogP contribution is -2.50. The van der Waals surface area contributed by atoms with Crippen LogP contribution in [-0.4, -0.2) is 38.2 Å². The van der Waals surface area contributed by atoms with E-state index in [0.717, 1.165) is 42.9 Å². The molecule has 0 amide bonds. The normalized spacial score (nSPS) is 17.4. The number of rotatable bonds is 8. The van der Waals surface area contributed by atoms with Crippen molar-refractivity contribution in [2.45, 2.75) is 50.9 Å². The fourth-order valence-electron chi connectivity index (χ4n) is 4.90. The van der Waals surface area contributed by atoms with E-state index in [1.54, 1.807) is 19.2 Å². The Labute approximate surface area is 197 Å². The van der Waals surface area contributed by atoms with Crippen molar-refractivity contribution in [3.63, 3.8) is 0 Å². The zero-order valence-corrected chi connectivity index (χ0v) is 19.5. The monoisotopic (exact) mass is 477 g/mol. The average Bonchev–Trinajstić information content (AvgIpc) is 3.33. The average molecular weight is 478 g/mol. The molecule has 8 heteroatoms. The molecule has 2 aliphatic rings. The first-order valence-electron chi connectivity index (χ1n) is 11.6. The number of carbonyl (C=O) groups excluding carboxylic acids is 1. The molecule has 0 aromatic heterocycles. The summed E-state index contributed by atoms with van der Waals surface area (Å²) in [5.74, 6) is 0.560. The van der Waals surface area contributed by atoms with Crippen LogP contribution in [0, 0.1) is 5.92 Å². The third-order valence-corrected chi connectivity index (χ3v) is 6.77. The first kappa shape index (κ1) is 24.4. The minimum absolute atomic E-state index is 0.0308. The van der Waals surface area contributed by atoms with Crippen LogP contribution in [0.3, 0.4) is 0 Å². The SMILES string of the molecule is COC(=O)C1CN(Cc2ccc(COc3ccc(C4CCCC4)c(C(F)(F)F)c3)cc2OC)C1. The van der Waals surface area contributed by atoms with Gasteiger partial charge in [0.25, 0.3) is 0 Å². The summed E-state index contributed by atoms with van der Waals surface area (Å²) in [6.45, 7) is 2.04. The summed E-state index contributed by atoms with van der Waals surface area (Å²) < 4.78 is 57.2. The zero-order chi connectivity index (χ0) is 24.3. The third kappa shape index (κ3) is 5.49. The number of ether oxygens (including phenoxy) is 3. The molecule has 2 aromatic rings. The van der Waals surface area contributed by atoms with Crippen LogP contribution in [0.15, 0.2) is 36.4 Å². The van der Waals surface area contributed by atoms with Gasteiger partial charge in [0.05, 0.1) is 25.7 Å². The van der Waals surface area contributed by atoms with Gasteiger partial charge in [0.2, 0.25) is 0 Å². The minimum Gasteiger partial charge on any atom is -0.496 e. The summed E-state index contributed by atoms with van der Waals surface area (Å²) >= 11 is 0. The number of alkyl halides is 3. The van der Waals surface area contributed by atoms with Crippen molar-refractivity contribution in [1.82, 2.24) is 4.90 Å². The Balaban J connectivity index is 1.41. The molecular formula is C26H30F3NO4. The maximum atomic E-state index is 13.7. The van der Waals surface area contributed by atoms with Crippen LogP contribution in [0.5, 0.6) is 11.5 Å². The first-order valence-corrected chi connectivity index (χ1v) is 11.6. The Hall–Kier alpha value is -2.74. The molecule has 0 spiro atoms. The quantitative estimate of drug-likeness (QED) is 0.466. The van der Waals surface area contributed by atoms with Gasteiger partial charge in [-0.25, -0.2) is 0 Å². The van der Waals surface area contributed by atoms with E-state index in [-0.39, 0.29) is 30.2 Å². The summed E-state index contributed by atoms with van der Waals surface area (Å²) in [4.78, 5) is 13.7. The molecule has 5 nitrogen and oxygen atoms in total. The van der Waals surface area contributed by atoms with Crippen LogP contribution in [0.4, 0.5) is 13.2 Å². The lowest BCUT2D eigenvalue weighted by atomic mass is 9.92. The molecule has 184 valence electrons. The fourth-order valence-corrected chi connectivity index (χ4v) is 4.90. The molecule has 0 radical (unpaired) electrons. The molecule has 0 N–H and O–H groups in total. The Morgan fingerprint density at radius 1 is 1.06 bits per heavy atom. The van der Waals surface area contributed by atoms with Crippen molar-refractivity contribution in [2.24, 2.45) is 5.92 Å². The van der Waals surface area contributed by atoms with E-state index in [1.165, 1.54) is 7.11 Å². The summed E-state index contributed by atoms with van der Waals surface area (Å²) in [5.41, 5.74) is 1.55. The van der Waals surface area contributed by atoms with Crippen molar-refractivity contribution in [3.05, 3.63) is 58.7 Å². The van der Waals surface area contributed by atoms with Gasteiger partial charge in [-0.15, -0.1) is 0 Å². The molecule has 2 aromatic carbocycles.